The summed E-state index contributed by atoms with van der Waals surface area (Å²) in [7, 11) is 1.30. The SMILES string of the molecule is COC(=O)c1[nH]c2cc(C)ccc2c1NC=O. The van der Waals surface area contributed by atoms with Gasteiger partial charge in [0.1, 0.15) is 5.69 Å². The highest BCUT2D eigenvalue weighted by molar-refractivity contribution is 6.08. The standard InChI is InChI=1S/C12H12N2O3/c1-7-3-4-8-9(5-7)14-11(12(16)17-2)10(8)13-6-15/h3-6,14H,1-2H3,(H,13,15). The number of hydrogen-bond donors (Lipinski definition) is 2. The van der Waals surface area contributed by atoms with Crippen molar-refractivity contribution in [2.75, 3.05) is 12.4 Å². The number of H-pyrrole nitrogens is 1. The summed E-state index contributed by atoms with van der Waals surface area (Å²) in [6, 6.07) is 5.66. The molecule has 0 radical (unpaired) electrons. The van der Waals surface area contributed by atoms with Crippen LogP contribution in [-0.2, 0) is 9.53 Å². The minimum Gasteiger partial charge on any atom is -0.464 e. The number of benzene rings is 1. The summed E-state index contributed by atoms with van der Waals surface area (Å²) in [5, 5.41) is 3.30. The first-order chi connectivity index (χ1) is 8.17. The summed E-state index contributed by atoms with van der Waals surface area (Å²) < 4.78 is 4.66. The lowest BCUT2D eigenvalue weighted by Crippen LogP contribution is -2.06. The highest BCUT2D eigenvalue weighted by Crippen LogP contribution is 2.28. The van der Waals surface area contributed by atoms with Crippen LogP contribution >= 0.6 is 0 Å². The van der Waals surface area contributed by atoms with E-state index in [1.54, 1.807) is 0 Å². The van der Waals surface area contributed by atoms with E-state index in [-0.39, 0.29) is 5.69 Å². The average Bonchev–Trinajstić information content (AvgIpc) is 2.67. The molecule has 1 amide bonds. The van der Waals surface area contributed by atoms with Crippen LogP contribution in [0.25, 0.3) is 10.9 Å². The van der Waals surface area contributed by atoms with Crippen molar-refractivity contribution in [3.63, 3.8) is 0 Å². The molecule has 5 nitrogen and oxygen atoms in total. The lowest BCUT2D eigenvalue weighted by atomic mass is 10.1. The normalized spacial score (nSPS) is 10.2. The highest BCUT2D eigenvalue weighted by Gasteiger charge is 2.17. The first-order valence-electron chi connectivity index (χ1n) is 5.08. The molecule has 0 spiro atoms. The van der Waals surface area contributed by atoms with Crippen molar-refractivity contribution in [2.45, 2.75) is 6.92 Å². The molecule has 0 saturated heterocycles. The molecule has 88 valence electrons. The average molecular weight is 232 g/mol. The maximum Gasteiger partial charge on any atom is 0.356 e. The number of fused-ring (bicyclic) bond motifs is 1. The Labute approximate surface area is 97.8 Å². The Hall–Kier alpha value is -2.30. The Balaban J connectivity index is 2.69. The van der Waals surface area contributed by atoms with Crippen molar-refractivity contribution >= 4 is 29.0 Å². The predicted octanol–water partition coefficient (Wildman–Crippen LogP) is 1.83. The topological polar surface area (TPSA) is 71.2 Å². The molecular weight excluding hydrogens is 220 g/mol. The second-order valence-electron chi connectivity index (χ2n) is 3.68. The van der Waals surface area contributed by atoms with Gasteiger partial charge in [0.2, 0.25) is 6.41 Å². The fraction of sp³-hybridized carbons (Fsp3) is 0.167. The summed E-state index contributed by atoms with van der Waals surface area (Å²) in [5.74, 6) is -0.511. The molecule has 0 aliphatic carbocycles. The van der Waals surface area contributed by atoms with Gasteiger partial charge < -0.3 is 15.0 Å². The molecule has 5 heteroatoms. The summed E-state index contributed by atoms with van der Waals surface area (Å²) in [4.78, 5) is 25.1. The maximum absolute atomic E-state index is 11.6. The summed E-state index contributed by atoms with van der Waals surface area (Å²) in [5.41, 5.74) is 2.55. The number of esters is 1. The van der Waals surface area contributed by atoms with Crippen molar-refractivity contribution in [1.82, 2.24) is 4.98 Å². The van der Waals surface area contributed by atoms with E-state index in [0.717, 1.165) is 16.5 Å². The van der Waals surface area contributed by atoms with Crippen LogP contribution in [0.1, 0.15) is 16.1 Å². The van der Waals surface area contributed by atoms with Crippen LogP contribution in [0.15, 0.2) is 18.2 Å². The molecule has 0 saturated carbocycles. The zero-order valence-corrected chi connectivity index (χ0v) is 9.53. The van der Waals surface area contributed by atoms with E-state index in [1.807, 2.05) is 25.1 Å². The van der Waals surface area contributed by atoms with Gasteiger partial charge in [0.25, 0.3) is 0 Å². The van der Waals surface area contributed by atoms with Gasteiger partial charge >= 0.3 is 5.97 Å². The first kappa shape index (κ1) is 11.2. The Kier molecular flexibility index (Phi) is 2.82. The van der Waals surface area contributed by atoms with Crippen molar-refractivity contribution in [3.05, 3.63) is 29.5 Å². The van der Waals surface area contributed by atoms with Gasteiger partial charge in [-0.25, -0.2) is 4.79 Å². The summed E-state index contributed by atoms with van der Waals surface area (Å²) in [6.45, 7) is 1.95. The number of aryl methyl sites for hydroxylation is 1. The Morgan fingerprint density at radius 3 is 2.88 bits per heavy atom. The minimum atomic E-state index is -0.511. The Bertz CT molecular complexity index is 587. The van der Waals surface area contributed by atoms with Gasteiger partial charge in [-0.15, -0.1) is 0 Å². The largest absolute Gasteiger partial charge is 0.464 e. The number of nitrogens with one attached hydrogen (secondary N) is 2. The number of carbonyl (C=O) groups excluding carboxylic acids is 2. The fourth-order valence-corrected chi connectivity index (χ4v) is 1.78. The zero-order chi connectivity index (χ0) is 12.4. The first-order valence-corrected chi connectivity index (χ1v) is 5.08. The van der Waals surface area contributed by atoms with Gasteiger partial charge in [-0.1, -0.05) is 12.1 Å². The second-order valence-corrected chi connectivity index (χ2v) is 3.68. The van der Waals surface area contributed by atoms with E-state index in [1.165, 1.54) is 7.11 Å². The molecule has 2 N–H and O–H groups in total. The molecule has 0 atom stereocenters. The van der Waals surface area contributed by atoms with Crippen LogP contribution in [0.3, 0.4) is 0 Å². The van der Waals surface area contributed by atoms with Gasteiger partial charge in [0, 0.05) is 10.9 Å². The van der Waals surface area contributed by atoms with Crippen LogP contribution in [0.4, 0.5) is 5.69 Å². The quantitative estimate of drug-likeness (QED) is 0.626. The molecule has 0 fully saturated rings. The zero-order valence-electron chi connectivity index (χ0n) is 9.53. The van der Waals surface area contributed by atoms with E-state index in [0.29, 0.717) is 12.1 Å². The fourth-order valence-electron chi connectivity index (χ4n) is 1.78. The van der Waals surface area contributed by atoms with Crippen molar-refractivity contribution in [2.24, 2.45) is 0 Å². The number of aromatic amines is 1. The molecule has 0 unspecified atom stereocenters. The lowest BCUT2D eigenvalue weighted by molar-refractivity contribution is -0.105. The summed E-state index contributed by atoms with van der Waals surface area (Å²) in [6.07, 6.45) is 0.537. The highest BCUT2D eigenvalue weighted by atomic mass is 16.5. The van der Waals surface area contributed by atoms with Crippen LogP contribution in [0.2, 0.25) is 0 Å². The van der Waals surface area contributed by atoms with Gasteiger partial charge in [0.15, 0.2) is 0 Å². The number of amides is 1. The third-order valence-corrected chi connectivity index (χ3v) is 2.55. The molecule has 2 aromatic rings. The smallest absolute Gasteiger partial charge is 0.356 e. The Morgan fingerprint density at radius 1 is 1.47 bits per heavy atom. The van der Waals surface area contributed by atoms with Crippen LogP contribution in [-0.4, -0.2) is 24.5 Å². The Morgan fingerprint density at radius 2 is 2.24 bits per heavy atom. The number of ether oxygens (including phenoxy) is 1. The second kappa shape index (κ2) is 4.29. The molecule has 0 aliphatic heterocycles. The molecule has 1 aromatic heterocycles. The monoisotopic (exact) mass is 232 g/mol. The minimum absolute atomic E-state index is 0.250. The van der Waals surface area contributed by atoms with E-state index in [4.69, 9.17) is 0 Å². The number of hydrogen-bond acceptors (Lipinski definition) is 3. The third-order valence-electron chi connectivity index (χ3n) is 2.55. The molecule has 1 heterocycles. The number of anilines is 1. The van der Waals surface area contributed by atoms with E-state index in [9.17, 15) is 9.59 Å². The molecule has 1 aromatic carbocycles. The van der Waals surface area contributed by atoms with Crippen molar-refractivity contribution < 1.29 is 14.3 Å². The molecule has 0 aliphatic rings. The van der Waals surface area contributed by atoms with Gasteiger partial charge in [-0.2, -0.15) is 0 Å². The molecular formula is C12H12N2O3. The van der Waals surface area contributed by atoms with Crippen LogP contribution in [0, 0.1) is 6.92 Å². The number of methoxy groups -OCH3 is 1. The number of rotatable bonds is 3. The lowest BCUT2D eigenvalue weighted by Gasteiger charge is -2.00. The molecule has 17 heavy (non-hydrogen) atoms. The van der Waals surface area contributed by atoms with Crippen molar-refractivity contribution in [3.8, 4) is 0 Å². The van der Waals surface area contributed by atoms with E-state index in [2.05, 4.69) is 15.0 Å². The van der Waals surface area contributed by atoms with Gasteiger partial charge in [-0.3, -0.25) is 4.79 Å². The number of aromatic nitrogens is 1. The maximum atomic E-state index is 11.6. The number of carbonyl (C=O) groups is 2. The van der Waals surface area contributed by atoms with Gasteiger partial charge in [0.05, 0.1) is 12.8 Å². The molecule has 2 rings (SSSR count). The van der Waals surface area contributed by atoms with Gasteiger partial charge in [-0.05, 0) is 18.6 Å². The van der Waals surface area contributed by atoms with Crippen LogP contribution < -0.4 is 5.32 Å². The van der Waals surface area contributed by atoms with Crippen molar-refractivity contribution in [1.29, 1.82) is 0 Å². The van der Waals surface area contributed by atoms with E-state index >= 15 is 0 Å². The summed E-state index contributed by atoms with van der Waals surface area (Å²) >= 11 is 0. The van der Waals surface area contributed by atoms with Crippen LogP contribution in [0.5, 0.6) is 0 Å². The molecule has 0 bridgehead atoms. The third kappa shape index (κ3) is 1.87. The van der Waals surface area contributed by atoms with E-state index < -0.39 is 5.97 Å². The predicted molar refractivity (Wildman–Crippen MR) is 64.1 cm³/mol.